The number of hydrogen-bond donors (Lipinski definition) is 1. The normalized spacial score (nSPS) is 11.6. The molecule has 0 heterocycles. The van der Waals surface area contributed by atoms with Gasteiger partial charge in [-0.3, -0.25) is 0 Å². The maximum atomic E-state index is 11.8. The van der Waals surface area contributed by atoms with Gasteiger partial charge in [0.2, 0.25) is 0 Å². The van der Waals surface area contributed by atoms with Crippen molar-refractivity contribution in [3.05, 3.63) is 27.3 Å². The summed E-state index contributed by atoms with van der Waals surface area (Å²) in [5, 5.41) is 3.19. The van der Waals surface area contributed by atoms with Crippen molar-refractivity contribution in [1.82, 2.24) is 0 Å². The van der Waals surface area contributed by atoms with Gasteiger partial charge in [-0.1, -0.05) is 6.07 Å². The van der Waals surface area contributed by atoms with Crippen molar-refractivity contribution in [3.63, 3.8) is 0 Å². The first-order valence-electron chi connectivity index (χ1n) is 5.53. The van der Waals surface area contributed by atoms with Gasteiger partial charge in [0.05, 0.1) is 0 Å². The molecule has 102 valence electrons. The summed E-state index contributed by atoms with van der Waals surface area (Å²) in [6.45, 7) is 1.54. The molecule has 0 amide bonds. The van der Waals surface area contributed by atoms with Crippen LogP contribution in [0.2, 0.25) is 0 Å². The van der Waals surface area contributed by atoms with Gasteiger partial charge in [-0.05, 0) is 53.6 Å². The van der Waals surface area contributed by atoms with Crippen molar-refractivity contribution in [2.75, 3.05) is 25.1 Å². The fraction of sp³-hybridized carbons (Fsp3) is 0.500. The summed E-state index contributed by atoms with van der Waals surface area (Å²) in [6, 6.07) is 5.90. The first-order chi connectivity index (χ1) is 8.40. The highest BCUT2D eigenvalue weighted by Crippen LogP contribution is 2.20. The minimum atomic E-state index is -4.24. The van der Waals surface area contributed by atoms with E-state index in [1.807, 2.05) is 25.1 Å². The zero-order chi connectivity index (χ0) is 13.6. The van der Waals surface area contributed by atoms with Crippen molar-refractivity contribution in [2.24, 2.45) is 0 Å². The number of benzene rings is 1. The van der Waals surface area contributed by atoms with Crippen molar-refractivity contribution in [2.45, 2.75) is 19.5 Å². The van der Waals surface area contributed by atoms with Crippen LogP contribution in [0.3, 0.4) is 0 Å². The smallest absolute Gasteiger partial charge is 0.385 e. The maximum Gasteiger partial charge on any atom is 0.411 e. The highest BCUT2D eigenvalue weighted by atomic mass is 127. The molecular weight excluding hydrogens is 358 g/mol. The van der Waals surface area contributed by atoms with E-state index in [0.29, 0.717) is 13.0 Å². The highest BCUT2D eigenvalue weighted by Gasteiger charge is 2.27. The predicted octanol–water partition coefficient (Wildman–Crippen LogP) is 3.98. The molecule has 0 saturated heterocycles. The minimum Gasteiger partial charge on any atom is -0.385 e. The molecule has 0 unspecified atom stereocenters. The number of alkyl halides is 3. The lowest BCUT2D eigenvalue weighted by Crippen LogP contribution is -2.18. The molecule has 0 aliphatic rings. The Balaban J connectivity index is 2.20. The summed E-state index contributed by atoms with van der Waals surface area (Å²) in [5.41, 5.74) is 2.16. The summed E-state index contributed by atoms with van der Waals surface area (Å²) >= 11 is 2.24. The largest absolute Gasteiger partial charge is 0.411 e. The van der Waals surface area contributed by atoms with Gasteiger partial charge in [-0.25, -0.2) is 0 Å². The second kappa shape index (κ2) is 7.18. The van der Waals surface area contributed by atoms with Crippen LogP contribution in [0.1, 0.15) is 12.0 Å². The third kappa shape index (κ3) is 5.90. The van der Waals surface area contributed by atoms with Crippen LogP contribution >= 0.6 is 22.6 Å². The summed E-state index contributed by atoms with van der Waals surface area (Å²) in [5.74, 6) is 0. The zero-order valence-corrected chi connectivity index (χ0v) is 12.1. The van der Waals surface area contributed by atoms with Crippen LogP contribution in [0.15, 0.2) is 18.2 Å². The second-order valence-electron chi connectivity index (χ2n) is 3.86. The van der Waals surface area contributed by atoms with Crippen LogP contribution < -0.4 is 5.32 Å². The van der Waals surface area contributed by atoms with Gasteiger partial charge in [-0.15, -0.1) is 0 Å². The van der Waals surface area contributed by atoms with Gasteiger partial charge >= 0.3 is 6.18 Å². The molecular formula is C12H15F3INO. The quantitative estimate of drug-likeness (QED) is 0.602. The molecule has 0 aliphatic carbocycles. The van der Waals surface area contributed by atoms with E-state index in [-0.39, 0.29) is 6.61 Å². The topological polar surface area (TPSA) is 21.3 Å². The van der Waals surface area contributed by atoms with Crippen molar-refractivity contribution in [1.29, 1.82) is 0 Å². The Hall–Kier alpha value is -0.500. The Morgan fingerprint density at radius 1 is 1.33 bits per heavy atom. The number of halogens is 4. The molecule has 2 nitrogen and oxygen atoms in total. The number of nitrogens with one attached hydrogen (secondary N) is 1. The van der Waals surface area contributed by atoms with Crippen molar-refractivity contribution in [3.8, 4) is 0 Å². The van der Waals surface area contributed by atoms with Crippen LogP contribution in [0.4, 0.5) is 18.9 Å². The lowest BCUT2D eigenvalue weighted by atomic mass is 10.2. The number of hydrogen-bond acceptors (Lipinski definition) is 2. The number of rotatable bonds is 6. The standard InChI is InChI=1S/C12H15F3INO/c1-9-10(16)4-2-5-11(9)17-6-3-7-18-8-12(13,14)15/h2,4-5,17H,3,6-8H2,1H3. The SMILES string of the molecule is Cc1c(I)cccc1NCCCOCC(F)(F)F. The van der Waals surface area contributed by atoms with Gasteiger partial charge in [0.15, 0.2) is 0 Å². The molecule has 0 radical (unpaired) electrons. The Bertz CT molecular complexity index is 382. The fourth-order valence-corrected chi connectivity index (χ4v) is 1.88. The van der Waals surface area contributed by atoms with E-state index >= 15 is 0 Å². The van der Waals surface area contributed by atoms with E-state index in [4.69, 9.17) is 0 Å². The van der Waals surface area contributed by atoms with E-state index in [1.165, 1.54) is 0 Å². The molecule has 1 rings (SSSR count). The van der Waals surface area contributed by atoms with Crippen molar-refractivity contribution < 1.29 is 17.9 Å². The molecule has 0 fully saturated rings. The van der Waals surface area contributed by atoms with Gasteiger partial charge in [0, 0.05) is 22.4 Å². The average molecular weight is 373 g/mol. The van der Waals surface area contributed by atoms with E-state index in [2.05, 4.69) is 32.6 Å². The molecule has 0 atom stereocenters. The van der Waals surface area contributed by atoms with E-state index in [0.717, 1.165) is 14.8 Å². The number of anilines is 1. The summed E-state index contributed by atoms with van der Waals surface area (Å²) < 4.78 is 41.0. The van der Waals surface area contributed by atoms with Crippen LogP contribution in [-0.2, 0) is 4.74 Å². The van der Waals surface area contributed by atoms with Crippen LogP contribution in [0, 0.1) is 10.5 Å². The molecule has 18 heavy (non-hydrogen) atoms. The van der Waals surface area contributed by atoms with E-state index in [9.17, 15) is 13.2 Å². The monoisotopic (exact) mass is 373 g/mol. The van der Waals surface area contributed by atoms with Crippen LogP contribution in [-0.4, -0.2) is 25.9 Å². The molecule has 1 aromatic carbocycles. The second-order valence-corrected chi connectivity index (χ2v) is 5.02. The zero-order valence-electron chi connectivity index (χ0n) is 9.98. The third-order valence-electron chi connectivity index (χ3n) is 2.31. The first-order valence-corrected chi connectivity index (χ1v) is 6.61. The van der Waals surface area contributed by atoms with Gasteiger partial charge < -0.3 is 10.1 Å². The molecule has 1 N–H and O–H groups in total. The summed E-state index contributed by atoms with van der Waals surface area (Å²) in [7, 11) is 0. The Morgan fingerprint density at radius 2 is 2.06 bits per heavy atom. The Morgan fingerprint density at radius 3 is 2.72 bits per heavy atom. The molecule has 0 bridgehead atoms. The predicted molar refractivity (Wildman–Crippen MR) is 73.9 cm³/mol. The van der Waals surface area contributed by atoms with Crippen LogP contribution in [0.25, 0.3) is 0 Å². The summed E-state index contributed by atoms with van der Waals surface area (Å²) in [4.78, 5) is 0. The minimum absolute atomic E-state index is 0.107. The molecule has 1 aromatic rings. The Labute approximate surface area is 118 Å². The molecule has 0 aromatic heterocycles. The lowest BCUT2D eigenvalue weighted by Gasteiger charge is -2.11. The van der Waals surface area contributed by atoms with Crippen molar-refractivity contribution >= 4 is 28.3 Å². The third-order valence-corrected chi connectivity index (χ3v) is 3.48. The average Bonchev–Trinajstić information content (AvgIpc) is 2.27. The summed E-state index contributed by atoms with van der Waals surface area (Å²) in [6.07, 6.45) is -3.69. The van der Waals surface area contributed by atoms with Gasteiger partial charge in [0.1, 0.15) is 6.61 Å². The first kappa shape index (κ1) is 15.6. The van der Waals surface area contributed by atoms with E-state index in [1.54, 1.807) is 0 Å². The Kier molecular flexibility index (Phi) is 6.20. The molecule has 6 heteroatoms. The maximum absolute atomic E-state index is 11.8. The lowest BCUT2D eigenvalue weighted by molar-refractivity contribution is -0.173. The fourth-order valence-electron chi connectivity index (χ4n) is 1.38. The van der Waals surface area contributed by atoms with Gasteiger partial charge in [0.25, 0.3) is 0 Å². The molecule has 0 spiro atoms. The number of ether oxygens (including phenoxy) is 1. The highest BCUT2D eigenvalue weighted by molar-refractivity contribution is 14.1. The van der Waals surface area contributed by atoms with Crippen LogP contribution in [0.5, 0.6) is 0 Å². The molecule has 0 aliphatic heterocycles. The van der Waals surface area contributed by atoms with E-state index < -0.39 is 12.8 Å². The molecule has 0 saturated carbocycles. The van der Waals surface area contributed by atoms with Gasteiger partial charge in [-0.2, -0.15) is 13.2 Å².